The first-order valence-electron chi connectivity index (χ1n) is 8.83. The van der Waals surface area contributed by atoms with E-state index in [4.69, 9.17) is 0 Å². The van der Waals surface area contributed by atoms with Crippen molar-refractivity contribution in [2.45, 2.75) is 51.6 Å². The number of benzene rings is 1. The summed E-state index contributed by atoms with van der Waals surface area (Å²) in [7, 11) is 0. The standard InChI is InChI=1S/C19H28N2O/c1-2-3-12-21-18-11-13-20(14-16-7-5-4-6-8-16)15-17(18)9-10-19(21)22/h4-8,17-18H,2-3,9-15H2,1H3/t17-,18+/m1/s1. The third-order valence-electron chi connectivity index (χ3n) is 5.23. The number of unbranched alkanes of at least 4 members (excludes halogenated alkanes) is 1. The summed E-state index contributed by atoms with van der Waals surface area (Å²) in [5.74, 6) is 1.07. The number of amides is 1. The van der Waals surface area contributed by atoms with E-state index in [9.17, 15) is 4.79 Å². The number of carbonyl (C=O) groups excluding carboxylic acids is 1. The molecule has 120 valence electrons. The number of likely N-dealkylation sites (tertiary alicyclic amines) is 2. The van der Waals surface area contributed by atoms with E-state index in [0.29, 0.717) is 17.9 Å². The van der Waals surface area contributed by atoms with Crippen molar-refractivity contribution >= 4 is 5.91 Å². The molecule has 2 fully saturated rings. The number of piperidine rings is 2. The molecular formula is C19H28N2O. The molecule has 0 aliphatic carbocycles. The molecule has 0 bridgehead atoms. The minimum atomic E-state index is 0.395. The summed E-state index contributed by atoms with van der Waals surface area (Å²) in [6, 6.07) is 11.2. The van der Waals surface area contributed by atoms with Crippen LogP contribution >= 0.6 is 0 Å². The Bertz CT molecular complexity index is 487. The Morgan fingerprint density at radius 2 is 2.00 bits per heavy atom. The van der Waals surface area contributed by atoms with Crippen molar-refractivity contribution in [1.29, 1.82) is 0 Å². The van der Waals surface area contributed by atoms with Crippen LogP contribution in [0, 0.1) is 5.92 Å². The molecule has 2 aliphatic heterocycles. The minimum Gasteiger partial charge on any atom is -0.339 e. The summed E-state index contributed by atoms with van der Waals surface area (Å²) >= 11 is 0. The number of rotatable bonds is 5. The van der Waals surface area contributed by atoms with Crippen molar-refractivity contribution in [3.8, 4) is 0 Å². The second kappa shape index (κ2) is 7.28. The van der Waals surface area contributed by atoms with Gasteiger partial charge in [0.2, 0.25) is 5.91 Å². The fourth-order valence-electron chi connectivity index (χ4n) is 4.03. The second-order valence-corrected chi connectivity index (χ2v) is 6.82. The van der Waals surface area contributed by atoms with Gasteiger partial charge in [-0.1, -0.05) is 43.7 Å². The molecule has 3 heteroatoms. The van der Waals surface area contributed by atoms with Gasteiger partial charge in [-0.25, -0.2) is 0 Å². The quantitative estimate of drug-likeness (QED) is 0.833. The van der Waals surface area contributed by atoms with Gasteiger partial charge in [-0.15, -0.1) is 0 Å². The molecule has 0 saturated carbocycles. The number of hydrogen-bond donors (Lipinski definition) is 0. The molecule has 0 unspecified atom stereocenters. The van der Waals surface area contributed by atoms with Gasteiger partial charge in [0, 0.05) is 38.6 Å². The molecule has 0 N–H and O–H groups in total. The molecule has 0 radical (unpaired) electrons. The van der Waals surface area contributed by atoms with Crippen LogP contribution in [-0.4, -0.2) is 41.4 Å². The highest BCUT2D eigenvalue weighted by Crippen LogP contribution is 2.32. The number of hydrogen-bond acceptors (Lipinski definition) is 2. The Labute approximate surface area is 134 Å². The third-order valence-corrected chi connectivity index (χ3v) is 5.23. The zero-order valence-electron chi connectivity index (χ0n) is 13.7. The van der Waals surface area contributed by atoms with Crippen molar-refractivity contribution in [3.05, 3.63) is 35.9 Å². The Hall–Kier alpha value is -1.35. The van der Waals surface area contributed by atoms with Gasteiger partial charge in [-0.2, -0.15) is 0 Å². The summed E-state index contributed by atoms with van der Waals surface area (Å²) < 4.78 is 0. The van der Waals surface area contributed by atoms with Gasteiger partial charge in [0.15, 0.2) is 0 Å². The van der Waals surface area contributed by atoms with Crippen molar-refractivity contribution in [2.24, 2.45) is 5.92 Å². The van der Waals surface area contributed by atoms with Crippen molar-refractivity contribution in [3.63, 3.8) is 0 Å². The van der Waals surface area contributed by atoms with Gasteiger partial charge in [-0.3, -0.25) is 9.69 Å². The lowest BCUT2D eigenvalue weighted by Gasteiger charge is -2.47. The number of fused-ring (bicyclic) bond motifs is 1. The molecule has 1 aromatic rings. The van der Waals surface area contributed by atoms with Crippen molar-refractivity contribution in [2.75, 3.05) is 19.6 Å². The van der Waals surface area contributed by atoms with Gasteiger partial charge in [0.25, 0.3) is 0 Å². The zero-order valence-corrected chi connectivity index (χ0v) is 13.7. The summed E-state index contributed by atoms with van der Waals surface area (Å²) in [5, 5.41) is 0. The first-order chi connectivity index (χ1) is 10.8. The van der Waals surface area contributed by atoms with Crippen LogP contribution in [0.25, 0.3) is 0 Å². The highest BCUT2D eigenvalue weighted by atomic mass is 16.2. The fraction of sp³-hybridized carbons (Fsp3) is 0.632. The van der Waals surface area contributed by atoms with Crippen LogP contribution in [0.2, 0.25) is 0 Å². The summed E-state index contributed by atoms with van der Waals surface area (Å²) in [6.45, 7) is 6.48. The van der Waals surface area contributed by atoms with E-state index < -0.39 is 0 Å². The summed E-state index contributed by atoms with van der Waals surface area (Å²) in [4.78, 5) is 17.0. The van der Waals surface area contributed by atoms with Crippen LogP contribution in [0.3, 0.4) is 0 Å². The molecule has 2 saturated heterocycles. The van der Waals surface area contributed by atoms with Crippen LogP contribution in [0.1, 0.15) is 44.6 Å². The van der Waals surface area contributed by atoms with E-state index >= 15 is 0 Å². The lowest BCUT2D eigenvalue weighted by atomic mass is 9.83. The van der Waals surface area contributed by atoms with E-state index in [1.807, 2.05) is 0 Å². The van der Waals surface area contributed by atoms with Crippen LogP contribution in [0.15, 0.2) is 30.3 Å². The highest BCUT2D eigenvalue weighted by molar-refractivity contribution is 5.77. The topological polar surface area (TPSA) is 23.6 Å². The van der Waals surface area contributed by atoms with Gasteiger partial charge in [0.1, 0.15) is 0 Å². The maximum Gasteiger partial charge on any atom is 0.222 e. The minimum absolute atomic E-state index is 0.395. The lowest BCUT2D eigenvalue weighted by molar-refractivity contribution is -0.141. The van der Waals surface area contributed by atoms with E-state index in [1.165, 1.54) is 12.0 Å². The monoisotopic (exact) mass is 300 g/mol. The number of nitrogens with zero attached hydrogens (tertiary/aromatic N) is 2. The summed E-state index contributed by atoms with van der Waals surface area (Å²) in [5.41, 5.74) is 1.40. The molecule has 3 nitrogen and oxygen atoms in total. The number of carbonyl (C=O) groups is 1. The second-order valence-electron chi connectivity index (χ2n) is 6.82. The molecule has 0 spiro atoms. The van der Waals surface area contributed by atoms with E-state index in [1.54, 1.807) is 0 Å². The molecular weight excluding hydrogens is 272 g/mol. The van der Waals surface area contributed by atoms with Crippen molar-refractivity contribution < 1.29 is 4.79 Å². The largest absolute Gasteiger partial charge is 0.339 e. The van der Waals surface area contributed by atoms with Crippen LogP contribution in [-0.2, 0) is 11.3 Å². The first-order valence-corrected chi connectivity index (χ1v) is 8.83. The highest BCUT2D eigenvalue weighted by Gasteiger charge is 2.38. The first kappa shape index (κ1) is 15.5. The van der Waals surface area contributed by atoms with E-state index in [0.717, 1.165) is 51.9 Å². The Morgan fingerprint density at radius 3 is 2.77 bits per heavy atom. The van der Waals surface area contributed by atoms with Gasteiger partial charge in [0.05, 0.1) is 0 Å². The summed E-state index contributed by atoms with van der Waals surface area (Å²) in [6.07, 6.45) is 5.29. The molecule has 1 amide bonds. The lowest BCUT2D eigenvalue weighted by Crippen LogP contribution is -2.55. The zero-order chi connectivity index (χ0) is 15.4. The maximum atomic E-state index is 12.2. The van der Waals surface area contributed by atoms with Gasteiger partial charge < -0.3 is 4.90 Å². The van der Waals surface area contributed by atoms with Crippen LogP contribution in [0.5, 0.6) is 0 Å². The Balaban J connectivity index is 1.60. The third kappa shape index (κ3) is 3.52. The van der Waals surface area contributed by atoms with E-state index in [2.05, 4.69) is 47.1 Å². The smallest absolute Gasteiger partial charge is 0.222 e. The SMILES string of the molecule is CCCCN1C(=O)CC[C@@H]2CN(Cc3ccccc3)CC[C@@H]21. The van der Waals surface area contributed by atoms with Gasteiger partial charge in [-0.05, 0) is 30.7 Å². The normalized spacial score (nSPS) is 26.0. The van der Waals surface area contributed by atoms with Gasteiger partial charge >= 0.3 is 0 Å². The maximum absolute atomic E-state index is 12.2. The molecule has 2 aliphatic rings. The predicted octanol–water partition coefficient (Wildman–Crippen LogP) is 3.30. The molecule has 3 rings (SSSR count). The van der Waals surface area contributed by atoms with Crippen LogP contribution in [0.4, 0.5) is 0 Å². The van der Waals surface area contributed by atoms with E-state index in [-0.39, 0.29) is 0 Å². The average molecular weight is 300 g/mol. The molecule has 1 aromatic carbocycles. The molecule has 0 aromatic heterocycles. The average Bonchev–Trinajstić information content (AvgIpc) is 2.55. The fourth-order valence-corrected chi connectivity index (χ4v) is 4.03. The predicted molar refractivity (Wildman–Crippen MR) is 89.5 cm³/mol. The Morgan fingerprint density at radius 1 is 1.18 bits per heavy atom. The van der Waals surface area contributed by atoms with Crippen molar-refractivity contribution in [1.82, 2.24) is 9.80 Å². The molecule has 2 heterocycles. The van der Waals surface area contributed by atoms with Crippen LogP contribution < -0.4 is 0 Å². The Kier molecular flexibility index (Phi) is 5.14. The molecule has 2 atom stereocenters. The molecule has 22 heavy (non-hydrogen) atoms.